The molecule has 1 aliphatic heterocycles. The lowest BCUT2D eigenvalue weighted by molar-refractivity contribution is 0.515. The van der Waals surface area contributed by atoms with Gasteiger partial charge in [0.05, 0.1) is 6.20 Å². The van der Waals surface area contributed by atoms with Crippen LogP contribution in [0.4, 0.5) is 0 Å². The van der Waals surface area contributed by atoms with E-state index in [1.165, 1.54) is 5.56 Å². The van der Waals surface area contributed by atoms with Crippen LogP contribution in [-0.4, -0.2) is 6.21 Å². The van der Waals surface area contributed by atoms with Crippen molar-refractivity contribution < 1.29 is 0 Å². The fourth-order valence-electron chi connectivity index (χ4n) is 1.51. The Morgan fingerprint density at radius 3 is 2.53 bits per heavy atom. The molecule has 1 atom stereocenters. The summed E-state index contributed by atoms with van der Waals surface area (Å²) in [7, 11) is 0. The summed E-state index contributed by atoms with van der Waals surface area (Å²) in [6.45, 7) is 2.03. The van der Waals surface area contributed by atoms with E-state index in [-0.39, 0.29) is 0 Å². The second-order valence-electron chi connectivity index (χ2n) is 3.72. The number of hydrogen-bond acceptors (Lipinski definition) is 4. The Morgan fingerprint density at radius 2 is 1.93 bits per heavy atom. The third-order valence-electron chi connectivity index (χ3n) is 2.37. The van der Waals surface area contributed by atoms with Crippen LogP contribution in [0.2, 0.25) is 0 Å². The van der Waals surface area contributed by atoms with Crippen LogP contribution in [0, 0.1) is 6.92 Å². The summed E-state index contributed by atoms with van der Waals surface area (Å²) < 4.78 is 0. The number of nitrogens with one attached hydrogen (secondary N) is 1. The molecule has 0 saturated carbocycles. The van der Waals surface area contributed by atoms with Gasteiger partial charge in [0.2, 0.25) is 0 Å². The Bertz CT molecular complexity index is 419. The first-order chi connectivity index (χ1) is 7.10. The number of nitrogens with two attached hydrogens (primary N) is 2. The standard InChI is InChI=1S/C11H14N4/c1-8-2-4-9(5-3-8)11(13)7-14-6-10(12)15-11/h2-7,15H,12-13H2,1H3. The van der Waals surface area contributed by atoms with Crippen molar-refractivity contribution in [3.05, 3.63) is 47.4 Å². The van der Waals surface area contributed by atoms with Crippen LogP contribution in [0.15, 0.2) is 41.3 Å². The lowest BCUT2D eigenvalue weighted by Gasteiger charge is -2.30. The summed E-state index contributed by atoms with van der Waals surface area (Å²) in [4.78, 5) is 4.01. The van der Waals surface area contributed by atoms with Gasteiger partial charge in [-0.25, -0.2) is 0 Å². The average Bonchev–Trinajstić information content (AvgIpc) is 2.18. The number of benzene rings is 1. The van der Waals surface area contributed by atoms with Crippen LogP contribution in [-0.2, 0) is 5.66 Å². The van der Waals surface area contributed by atoms with E-state index in [0.29, 0.717) is 5.82 Å². The van der Waals surface area contributed by atoms with Gasteiger partial charge in [-0.3, -0.25) is 4.99 Å². The quantitative estimate of drug-likeness (QED) is 0.622. The van der Waals surface area contributed by atoms with E-state index in [2.05, 4.69) is 10.3 Å². The number of hydrogen-bond donors (Lipinski definition) is 3. The Balaban J connectivity index is 2.35. The average molecular weight is 202 g/mol. The lowest BCUT2D eigenvalue weighted by atomic mass is 9.99. The van der Waals surface area contributed by atoms with Crippen molar-refractivity contribution in [2.45, 2.75) is 12.6 Å². The van der Waals surface area contributed by atoms with E-state index in [1.807, 2.05) is 31.2 Å². The summed E-state index contributed by atoms with van der Waals surface area (Å²) in [5.74, 6) is 0.473. The normalized spacial score (nSPS) is 24.5. The molecule has 2 rings (SSSR count). The van der Waals surface area contributed by atoms with Crippen LogP contribution in [0.25, 0.3) is 0 Å². The number of aryl methyl sites for hydroxylation is 1. The molecule has 78 valence electrons. The highest BCUT2D eigenvalue weighted by atomic mass is 15.2. The van der Waals surface area contributed by atoms with Gasteiger partial charge in [0.1, 0.15) is 11.5 Å². The zero-order valence-corrected chi connectivity index (χ0v) is 8.57. The first-order valence-corrected chi connectivity index (χ1v) is 4.74. The molecule has 1 unspecified atom stereocenters. The van der Waals surface area contributed by atoms with E-state index in [9.17, 15) is 0 Å². The minimum absolute atomic E-state index is 0.473. The third kappa shape index (κ3) is 1.85. The van der Waals surface area contributed by atoms with Gasteiger partial charge in [-0.15, -0.1) is 0 Å². The highest BCUT2D eigenvalue weighted by Gasteiger charge is 2.26. The lowest BCUT2D eigenvalue weighted by Crippen LogP contribution is -2.53. The van der Waals surface area contributed by atoms with Crippen molar-refractivity contribution in [2.75, 3.05) is 0 Å². The maximum Gasteiger partial charge on any atom is 0.150 e. The van der Waals surface area contributed by atoms with Gasteiger partial charge in [0, 0.05) is 6.21 Å². The fraction of sp³-hybridized carbons (Fsp3) is 0.182. The van der Waals surface area contributed by atoms with Crippen molar-refractivity contribution in [1.29, 1.82) is 0 Å². The molecule has 5 N–H and O–H groups in total. The van der Waals surface area contributed by atoms with Gasteiger partial charge in [0.15, 0.2) is 0 Å². The molecule has 0 amide bonds. The Kier molecular flexibility index (Phi) is 2.21. The highest BCUT2D eigenvalue weighted by molar-refractivity contribution is 5.74. The molecule has 4 heteroatoms. The van der Waals surface area contributed by atoms with E-state index in [0.717, 1.165) is 5.56 Å². The van der Waals surface area contributed by atoms with E-state index in [4.69, 9.17) is 11.5 Å². The molecule has 1 aromatic rings. The summed E-state index contributed by atoms with van der Waals surface area (Å²) >= 11 is 0. The molecule has 0 spiro atoms. The van der Waals surface area contributed by atoms with Gasteiger partial charge in [-0.1, -0.05) is 29.8 Å². The Hall–Kier alpha value is -1.81. The SMILES string of the molecule is Cc1ccc(C2(N)C=NC=C(N)N2)cc1. The van der Waals surface area contributed by atoms with Crippen molar-refractivity contribution >= 4 is 6.21 Å². The summed E-state index contributed by atoms with van der Waals surface area (Å²) in [5, 5.41) is 3.00. The summed E-state index contributed by atoms with van der Waals surface area (Å²) in [5.41, 5.74) is 13.1. The van der Waals surface area contributed by atoms with Gasteiger partial charge in [-0.05, 0) is 12.5 Å². The first-order valence-electron chi connectivity index (χ1n) is 4.74. The molecule has 1 heterocycles. The van der Waals surface area contributed by atoms with Crippen LogP contribution >= 0.6 is 0 Å². The monoisotopic (exact) mass is 202 g/mol. The number of nitrogens with zero attached hydrogens (tertiary/aromatic N) is 1. The molecular formula is C11H14N4. The fourth-order valence-corrected chi connectivity index (χ4v) is 1.51. The number of aliphatic imine (C=N–C) groups is 1. The van der Waals surface area contributed by atoms with Crippen molar-refractivity contribution in [1.82, 2.24) is 5.32 Å². The highest BCUT2D eigenvalue weighted by Crippen LogP contribution is 2.17. The summed E-state index contributed by atoms with van der Waals surface area (Å²) in [6, 6.07) is 7.95. The maximum absolute atomic E-state index is 6.14. The van der Waals surface area contributed by atoms with E-state index >= 15 is 0 Å². The van der Waals surface area contributed by atoms with Crippen LogP contribution in [0.3, 0.4) is 0 Å². The van der Waals surface area contributed by atoms with Gasteiger partial charge in [0.25, 0.3) is 0 Å². The second kappa shape index (κ2) is 3.40. The molecule has 0 fully saturated rings. The molecule has 4 nitrogen and oxygen atoms in total. The minimum atomic E-state index is -0.799. The second-order valence-corrected chi connectivity index (χ2v) is 3.72. The Labute approximate surface area is 88.7 Å². The van der Waals surface area contributed by atoms with Crippen molar-refractivity contribution in [3.8, 4) is 0 Å². The largest absolute Gasteiger partial charge is 0.384 e. The maximum atomic E-state index is 6.14. The van der Waals surface area contributed by atoms with Gasteiger partial charge >= 0.3 is 0 Å². The van der Waals surface area contributed by atoms with E-state index in [1.54, 1.807) is 12.4 Å². The molecule has 0 aliphatic carbocycles. The zero-order valence-electron chi connectivity index (χ0n) is 8.57. The molecule has 1 aromatic carbocycles. The topological polar surface area (TPSA) is 76.4 Å². The van der Waals surface area contributed by atoms with Crippen molar-refractivity contribution in [3.63, 3.8) is 0 Å². The predicted molar refractivity (Wildman–Crippen MR) is 60.9 cm³/mol. The Morgan fingerprint density at radius 1 is 1.27 bits per heavy atom. The zero-order chi connectivity index (χ0) is 10.9. The minimum Gasteiger partial charge on any atom is -0.384 e. The molecule has 0 radical (unpaired) electrons. The first kappa shape index (κ1) is 9.73. The molecule has 0 saturated heterocycles. The van der Waals surface area contributed by atoms with Crippen LogP contribution in [0.5, 0.6) is 0 Å². The van der Waals surface area contributed by atoms with Gasteiger partial charge < -0.3 is 16.8 Å². The van der Waals surface area contributed by atoms with Gasteiger partial charge in [-0.2, -0.15) is 0 Å². The molecule has 15 heavy (non-hydrogen) atoms. The third-order valence-corrected chi connectivity index (χ3v) is 2.37. The van der Waals surface area contributed by atoms with Crippen LogP contribution in [0.1, 0.15) is 11.1 Å². The predicted octanol–water partition coefficient (Wildman–Crippen LogP) is 0.538. The number of rotatable bonds is 1. The van der Waals surface area contributed by atoms with Crippen LogP contribution < -0.4 is 16.8 Å². The smallest absolute Gasteiger partial charge is 0.150 e. The molecule has 0 aromatic heterocycles. The van der Waals surface area contributed by atoms with Crippen molar-refractivity contribution in [2.24, 2.45) is 16.5 Å². The van der Waals surface area contributed by atoms with E-state index < -0.39 is 5.66 Å². The molecular weight excluding hydrogens is 188 g/mol. The molecule has 1 aliphatic rings. The summed E-state index contributed by atoms with van der Waals surface area (Å²) in [6.07, 6.45) is 3.19. The molecule has 0 bridgehead atoms.